The fourth-order valence-electron chi connectivity index (χ4n) is 1.42. The van der Waals surface area contributed by atoms with Crippen molar-refractivity contribution in [3.8, 4) is 0 Å². The van der Waals surface area contributed by atoms with Crippen molar-refractivity contribution in [2.45, 2.75) is 13.3 Å². The molecule has 0 bridgehead atoms. The molecule has 0 fully saturated rings. The van der Waals surface area contributed by atoms with Crippen LogP contribution in [0.15, 0.2) is 0 Å². The highest BCUT2D eigenvalue weighted by Crippen LogP contribution is 1.98. The van der Waals surface area contributed by atoms with Crippen molar-refractivity contribution < 1.29 is 18.4 Å². The van der Waals surface area contributed by atoms with E-state index >= 15 is 0 Å². The minimum Gasteiger partial charge on any atom is -0.376 e. The molecule has 0 heterocycles. The SMILES string of the molecule is CCCOCC[N+](C)(C)CCOCC[N+](C)(C)C. The van der Waals surface area contributed by atoms with Gasteiger partial charge in [-0.25, -0.2) is 0 Å². The topological polar surface area (TPSA) is 18.5 Å². The van der Waals surface area contributed by atoms with Gasteiger partial charge in [0.05, 0.1) is 55.1 Å². The van der Waals surface area contributed by atoms with Crippen LogP contribution in [0.25, 0.3) is 0 Å². The Bertz CT molecular complexity index is 200. The van der Waals surface area contributed by atoms with E-state index in [1.54, 1.807) is 0 Å². The molecule has 110 valence electrons. The van der Waals surface area contributed by atoms with E-state index in [0.29, 0.717) is 0 Å². The second-order valence-electron chi connectivity index (χ2n) is 6.62. The van der Waals surface area contributed by atoms with Crippen molar-refractivity contribution in [3.63, 3.8) is 0 Å². The van der Waals surface area contributed by atoms with Crippen LogP contribution in [0.5, 0.6) is 0 Å². The van der Waals surface area contributed by atoms with Crippen LogP contribution >= 0.6 is 0 Å². The van der Waals surface area contributed by atoms with E-state index in [1.165, 1.54) is 0 Å². The molecule has 0 rings (SSSR count). The van der Waals surface area contributed by atoms with Crippen LogP contribution in [0.4, 0.5) is 0 Å². The van der Waals surface area contributed by atoms with Crippen LogP contribution in [-0.4, -0.2) is 90.3 Å². The molecule has 0 aromatic carbocycles. The number of hydrogen-bond donors (Lipinski definition) is 0. The van der Waals surface area contributed by atoms with Crippen LogP contribution in [0.3, 0.4) is 0 Å². The van der Waals surface area contributed by atoms with Crippen molar-refractivity contribution in [1.82, 2.24) is 0 Å². The van der Waals surface area contributed by atoms with Gasteiger partial charge in [-0.3, -0.25) is 0 Å². The molecule has 0 aromatic heterocycles. The third-order valence-corrected chi connectivity index (χ3v) is 2.94. The van der Waals surface area contributed by atoms with Crippen LogP contribution in [-0.2, 0) is 9.47 Å². The van der Waals surface area contributed by atoms with Gasteiger partial charge in [0.25, 0.3) is 0 Å². The summed E-state index contributed by atoms with van der Waals surface area (Å²) in [4.78, 5) is 0. The summed E-state index contributed by atoms with van der Waals surface area (Å²) in [7, 11) is 11.0. The molecule has 0 N–H and O–H groups in total. The van der Waals surface area contributed by atoms with Crippen molar-refractivity contribution >= 4 is 0 Å². The molecule has 0 atom stereocenters. The van der Waals surface area contributed by atoms with Gasteiger partial charge in [-0.1, -0.05) is 6.92 Å². The highest BCUT2D eigenvalue weighted by atomic mass is 16.5. The second-order valence-corrected chi connectivity index (χ2v) is 6.62. The lowest BCUT2D eigenvalue weighted by molar-refractivity contribution is -0.891. The highest BCUT2D eigenvalue weighted by Gasteiger charge is 2.14. The predicted molar refractivity (Wildman–Crippen MR) is 76.7 cm³/mol. The van der Waals surface area contributed by atoms with Gasteiger partial charge in [0.2, 0.25) is 0 Å². The Morgan fingerprint density at radius 3 is 1.56 bits per heavy atom. The first-order valence-electron chi connectivity index (χ1n) is 7.05. The van der Waals surface area contributed by atoms with Crippen molar-refractivity contribution in [3.05, 3.63) is 0 Å². The van der Waals surface area contributed by atoms with Gasteiger partial charge in [-0.05, 0) is 6.42 Å². The first kappa shape index (κ1) is 17.8. The predicted octanol–water partition coefficient (Wildman–Crippen LogP) is 1.21. The third-order valence-electron chi connectivity index (χ3n) is 2.94. The zero-order valence-corrected chi connectivity index (χ0v) is 13.4. The largest absolute Gasteiger partial charge is 0.376 e. The number of rotatable bonds is 11. The second kappa shape index (κ2) is 8.86. The summed E-state index contributed by atoms with van der Waals surface area (Å²) in [6.07, 6.45) is 1.10. The standard InChI is InChI=1S/C14H34N2O2/c1-7-11-17-13-9-16(5,6)10-14-18-12-8-15(2,3)4/h7-14H2,1-6H3/q+2. The Kier molecular flexibility index (Phi) is 8.78. The molecule has 0 radical (unpaired) electrons. The fraction of sp³-hybridized carbons (Fsp3) is 1.00. The summed E-state index contributed by atoms with van der Waals surface area (Å²) in [5, 5.41) is 0. The highest BCUT2D eigenvalue weighted by molar-refractivity contribution is 4.37. The molecule has 0 spiro atoms. The summed E-state index contributed by atoms with van der Waals surface area (Å²) in [6.45, 7) is 8.70. The molecule has 0 saturated heterocycles. The number of likely N-dealkylation sites (N-methyl/N-ethyl adjacent to an activating group) is 2. The Labute approximate surface area is 114 Å². The molecule has 4 heteroatoms. The van der Waals surface area contributed by atoms with E-state index in [2.05, 4.69) is 42.2 Å². The summed E-state index contributed by atoms with van der Waals surface area (Å²) < 4.78 is 13.2. The lowest BCUT2D eigenvalue weighted by Gasteiger charge is -2.30. The summed E-state index contributed by atoms with van der Waals surface area (Å²) in [6, 6.07) is 0. The lowest BCUT2D eigenvalue weighted by atomic mass is 10.4. The van der Waals surface area contributed by atoms with Gasteiger partial charge < -0.3 is 18.4 Å². The van der Waals surface area contributed by atoms with Crippen LogP contribution < -0.4 is 0 Å². The van der Waals surface area contributed by atoms with E-state index in [-0.39, 0.29) is 0 Å². The molecule has 0 aliphatic rings. The number of quaternary nitrogens is 2. The minimum absolute atomic E-state index is 0.834. The van der Waals surface area contributed by atoms with Crippen LogP contribution in [0, 0.1) is 0 Å². The van der Waals surface area contributed by atoms with E-state index in [0.717, 1.165) is 61.4 Å². The van der Waals surface area contributed by atoms with E-state index in [4.69, 9.17) is 9.47 Å². The molecular weight excluding hydrogens is 228 g/mol. The van der Waals surface area contributed by atoms with Gasteiger partial charge in [-0.2, -0.15) is 0 Å². The smallest absolute Gasteiger partial charge is 0.102 e. The number of ether oxygens (including phenoxy) is 2. The maximum absolute atomic E-state index is 5.70. The fourth-order valence-corrected chi connectivity index (χ4v) is 1.42. The Balaban J connectivity index is 3.52. The number of hydrogen-bond acceptors (Lipinski definition) is 2. The quantitative estimate of drug-likeness (QED) is 0.412. The van der Waals surface area contributed by atoms with Crippen molar-refractivity contribution in [1.29, 1.82) is 0 Å². The molecule has 0 aromatic rings. The first-order chi connectivity index (χ1) is 8.27. The monoisotopic (exact) mass is 262 g/mol. The average Bonchev–Trinajstić information content (AvgIpc) is 2.22. The molecule has 0 aliphatic carbocycles. The normalized spacial score (nSPS) is 13.0. The van der Waals surface area contributed by atoms with Crippen LogP contribution in [0.2, 0.25) is 0 Å². The maximum atomic E-state index is 5.70. The zero-order valence-electron chi connectivity index (χ0n) is 13.4. The lowest BCUT2D eigenvalue weighted by Crippen LogP contribution is -2.45. The Morgan fingerprint density at radius 1 is 0.667 bits per heavy atom. The summed E-state index contributed by atoms with van der Waals surface area (Å²) >= 11 is 0. The van der Waals surface area contributed by atoms with E-state index in [9.17, 15) is 0 Å². The average molecular weight is 262 g/mol. The van der Waals surface area contributed by atoms with Crippen molar-refractivity contribution in [2.75, 3.05) is 81.3 Å². The summed E-state index contributed by atoms with van der Waals surface area (Å²) in [5.74, 6) is 0. The molecule has 0 saturated carbocycles. The molecule has 0 aliphatic heterocycles. The number of nitrogens with zero attached hydrogens (tertiary/aromatic N) is 2. The van der Waals surface area contributed by atoms with E-state index in [1.807, 2.05) is 0 Å². The zero-order chi connectivity index (χ0) is 14.1. The Hall–Kier alpha value is -0.160. The van der Waals surface area contributed by atoms with Crippen LogP contribution in [0.1, 0.15) is 13.3 Å². The van der Waals surface area contributed by atoms with Gasteiger partial charge in [0.1, 0.15) is 19.6 Å². The third kappa shape index (κ3) is 12.3. The summed E-state index contributed by atoms with van der Waals surface area (Å²) in [5.41, 5.74) is 0. The van der Waals surface area contributed by atoms with Crippen molar-refractivity contribution in [2.24, 2.45) is 0 Å². The minimum atomic E-state index is 0.834. The van der Waals surface area contributed by atoms with Gasteiger partial charge in [0.15, 0.2) is 0 Å². The molecular formula is C14H34N2O2+2. The van der Waals surface area contributed by atoms with E-state index < -0.39 is 0 Å². The Morgan fingerprint density at radius 2 is 1.11 bits per heavy atom. The molecule has 18 heavy (non-hydrogen) atoms. The first-order valence-corrected chi connectivity index (χ1v) is 7.05. The van der Waals surface area contributed by atoms with Gasteiger partial charge >= 0.3 is 0 Å². The molecule has 0 unspecified atom stereocenters. The maximum Gasteiger partial charge on any atom is 0.102 e. The molecule has 0 amide bonds. The van der Waals surface area contributed by atoms with Gasteiger partial charge in [0, 0.05) is 6.61 Å². The molecule has 4 nitrogen and oxygen atoms in total. The van der Waals surface area contributed by atoms with Gasteiger partial charge in [-0.15, -0.1) is 0 Å².